The molecule has 0 fully saturated rings. The summed E-state index contributed by atoms with van der Waals surface area (Å²) in [6, 6.07) is 5.21. The van der Waals surface area contributed by atoms with Crippen molar-refractivity contribution in [2.24, 2.45) is 7.05 Å². The normalized spacial score (nSPS) is 11.1. The molecule has 5 nitrogen and oxygen atoms in total. The highest BCUT2D eigenvalue weighted by Gasteiger charge is 2.13. The molecule has 4 N–H and O–H groups in total. The quantitative estimate of drug-likeness (QED) is 0.594. The van der Waals surface area contributed by atoms with Crippen LogP contribution in [0.1, 0.15) is 0 Å². The zero-order valence-electron chi connectivity index (χ0n) is 9.31. The van der Waals surface area contributed by atoms with Crippen LogP contribution >= 0.6 is 0 Å². The van der Waals surface area contributed by atoms with Crippen molar-refractivity contribution >= 4 is 16.6 Å². The number of rotatable bonds is 1. The lowest BCUT2D eigenvalue weighted by Gasteiger charge is -2.02. The molecule has 5 heteroatoms. The first kappa shape index (κ1) is 9.77. The molecule has 0 saturated carbocycles. The second-order valence-corrected chi connectivity index (χ2v) is 4.00. The van der Waals surface area contributed by atoms with Crippen molar-refractivity contribution in [1.82, 2.24) is 14.8 Å². The van der Waals surface area contributed by atoms with E-state index in [0.29, 0.717) is 5.69 Å². The van der Waals surface area contributed by atoms with Gasteiger partial charge in [-0.05, 0) is 12.1 Å². The number of nitrogens with two attached hydrogens (primary N) is 1. The third-order valence-electron chi connectivity index (χ3n) is 2.89. The fourth-order valence-electron chi connectivity index (χ4n) is 2.09. The molecule has 0 aliphatic carbocycles. The van der Waals surface area contributed by atoms with Gasteiger partial charge in [-0.2, -0.15) is 5.10 Å². The number of anilines is 1. The molecule has 2 aromatic heterocycles. The van der Waals surface area contributed by atoms with Gasteiger partial charge in [-0.15, -0.1) is 0 Å². The van der Waals surface area contributed by atoms with Crippen LogP contribution in [0.5, 0.6) is 5.75 Å². The summed E-state index contributed by atoms with van der Waals surface area (Å²) in [4.78, 5) is 3.12. The Morgan fingerprint density at radius 2 is 2.24 bits per heavy atom. The molecule has 17 heavy (non-hydrogen) atoms. The van der Waals surface area contributed by atoms with Gasteiger partial charge in [0.05, 0.1) is 17.6 Å². The lowest BCUT2D eigenvalue weighted by atomic mass is 10.1. The van der Waals surface area contributed by atoms with Crippen LogP contribution in [-0.2, 0) is 7.05 Å². The summed E-state index contributed by atoms with van der Waals surface area (Å²) in [6.45, 7) is 0. The predicted molar refractivity (Wildman–Crippen MR) is 66.6 cm³/mol. The molecule has 0 radical (unpaired) electrons. The Labute approximate surface area is 97.5 Å². The summed E-state index contributed by atoms with van der Waals surface area (Å²) in [5, 5.41) is 14.6. The standard InChI is InChI=1S/C12H12N4O/c1-16-12(10(13)6-15-16)9-5-14-11-4-7(17)2-3-8(9)11/h2-6,14,17H,13H2,1H3. The number of aryl methyl sites for hydroxylation is 1. The molecule has 0 aliphatic rings. The molecule has 3 rings (SSSR count). The Morgan fingerprint density at radius 3 is 2.94 bits per heavy atom. The number of H-pyrrole nitrogens is 1. The van der Waals surface area contributed by atoms with Gasteiger partial charge in [0.1, 0.15) is 5.75 Å². The molecule has 2 heterocycles. The highest BCUT2D eigenvalue weighted by atomic mass is 16.3. The van der Waals surface area contributed by atoms with Crippen molar-refractivity contribution in [2.45, 2.75) is 0 Å². The minimum atomic E-state index is 0.240. The van der Waals surface area contributed by atoms with Crippen LogP contribution in [0, 0.1) is 0 Å². The average Bonchev–Trinajstić information content (AvgIpc) is 2.83. The zero-order valence-corrected chi connectivity index (χ0v) is 9.31. The van der Waals surface area contributed by atoms with Gasteiger partial charge in [-0.3, -0.25) is 4.68 Å². The maximum Gasteiger partial charge on any atom is 0.117 e. The van der Waals surface area contributed by atoms with Crippen LogP contribution in [0.15, 0.2) is 30.6 Å². The third kappa shape index (κ3) is 1.36. The predicted octanol–water partition coefficient (Wildman–Crippen LogP) is 1.86. The van der Waals surface area contributed by atoms with Gasteiger partial charge in [0, 0.05) is 35.8 Å². The smallest absolute Gasteiger partial charge is 0.117 e. The Balaban J connectivity index is 2.32. The number of aromatic nitrogens is 3. The molecular weight excluding hydrogens is 216 g/mol. The van der Waals surface area contributed by atoms with Crippen molar-refractivity contribution in [3.8, 4) is 17.0 Å². The SMILES string of the molecule is Cn1ncc(N)c1-c1c[nH]c2cc(O)ccc12. The van der Waals surface area contributed by atoms with E-state index in [1.165, 1.54) is 0 Å². The van der Waals surface area contributed by atoms with E-state index in [1.807, 2.05) is 19.3 Å². The van der Waals surface area contributed by atoms with E-state index in [0.717, 1.165) is 22.2 Å². The van der Waals surface area contributed by atoms with Crippen molar-refractivity contribution in [2.75, 3.05) is 5.73 Å². The fraction of sp³-hybridized carbons (Fsp3) is 0.0833. The summed E-state index contributed by atoms with van der Waals surface area (Å²) in [5.74, 6) is 0.240. The van der Waals surface area contributed by atoms with Gasteiger partial charge < -0.3 is 15.8 Å². The number of nitrogens with one attached hydrogen (secondary N) is 1. The Kier molecular flexibility index (Phi) is 1.89. The van der Waals surface area contributed by atoms with Crippen LogP contribution in [0.3, 0.4) is 0 Å². The molecule has 3 aromatic rings. The topological polar surface area (TPSA) is 79.9 Å². The third-order valence-corrected chi connectivity index (χ3v) is 2.89. The maximum atomic E-state index is 9.42. The summed E-state index contributed by atoms with van der Waals surface area (Å²) in [6.07, 6.45) is 3.51. The second kappa shape index (κ2) is 3.28. The molecule has 0 amide bonds. The van der Waals surface area contributed by atoms with Crippen LogP contribution in [0.4, 0.5) is 5.69 Å². The van der Waals surface area contributed by atoms with E-state index in [4.69, 9.17) is 5.73 Å². The molecule has 1 aromatic carbocycles. The molecule has 0 spiro atoms. The minimum absolute atomic E-state index is 0.240. The first-order valence-corrected chi connectivity index (χ1v) is 5.25. The minimum Gasteiger partial charge on any atom is -0.508 e. The molecule has 0 aliphatic heterocycles. The first-order chi connectivity index (χ1) is 8.16. The Bertz CT molecular complexity index is 676. The van der Waals surface area contributed by atoms with Crippen molar-refractivity contribution in [1.29, 1.82) is 0 Å². The van der Waals surface area contributed by atoms with Crippen molar-refractivity contribution in [3.05, 3.63) is 30.6 Å². The molecule has 0 atom stereocenters. The monoisotopic (exact) mass is 228 g/mol. The number of phenols is 1. The van der Waals surface area contributed by atoms with E-state index < -0.39 is 0 Å². The number of phenolic OH excluding ortho intramolecular Hbond substituents is 1. The van der Waals surface area contributed by atoms with E-state index in [9.17, 15) is 5.11 Å². The van der Waals surface area contributed by atoms with Crippen molar-refractivity contribution < 1.29 is 5.11 Å². The lowest BCUT2D eigenvalue weighted by molar-refractivity contribution is 0.476. The van der Waals surface area contributed by atoms with E-state index in [1.54, 1.807) is 23.0 Å². The van der Waals surface area contributed by atoms with Crippen molar-refractivity contribution in [3.63, 3.8) is 0 Å². The number of benzene rings is 1. The van der Waals surface area contributed by atoms with Gasteiger partial charge in [0.15, 0.2) is 0 Å². The molecule has 0 bridgehead atoms. The van der Waals surface area contributed by atoms with Crippen LogP contribution in [0.2, 0.25) is 0 Å². The highest BCUT2D eigenvalue weighted by molar-refractivity contribution is 5.97. The number of nitrogens with zero attached hydrogens (tertiary/aromatic N) is 2. The fourth-order valence-corrected chi connectivity index (χ4v) is 2.09. The van der Waals surface area contributed by atoms with Crippen LogP contribution in [0.25, 0.3) is 22.2 Å². The van der Waals surface area contributed by atoms with E-state index in [-0.39, 0.29) is 5.75 Å². The number of aromatic amines is 1. The van der Waals surface area contributed by atoms with Crippen LogP contribution in [-0.4, -0.2) is 19.9 Å². The van der Waals surface area contributed by atoms with Crippen LogP contribution < -0.4 is 5.73 Å². The maximum absolute atomic E-state index is 9.42. The number of hydrogen-bond donors (Lipinski definition) is 3. The summed E-state index contributed by atoms with van der Waals surface area (Å²) < 4.78 is 1.74. The molecule has 0 saturated heterocycles. The average molecular weight is 228 g/mol. The number of fused-ring (bicyclic) bond motifs is 1. The number of hydrogen-bond acceptors (Lipinski definition) is 3. The number of aromatic hydroxyl groups is 1. The van der Waals surface area contributed by atoms with Gasteiger partial charge in [0.25, 0.3) is 0 Å². The second-order valence-electron chi connectivity index (χ2n) is 4.00. The van der Waals surface area contributed by atoms with Gasteiger partial charge >= 0.3 is 0 Å². The molecule has 86 valence electrons. The summed E-state index contributed by atoms with van der Waals surface area (Å²) >= 11 is 0. The first-order valence-electron chi connectivity index (χ1n) is 5.25. The molecule has 0 unspecified atom stereocenters. The van der Waals surface area contributed by atoms with Gasteiger partial charge in [0.2, 0.25) is 0 Å². The van der Waals surface area contributed by atoms with E-state index >= 15 is 0 Å². The Morgan fingerprint density at radius 1 is 1.41 bits per heavy atom. The van der Waals surface area contributed by atoms with Gasteiger partial charge in [-0.25, -0.2) is 0 Å². The summed E-state index contributed by atoms with van der Waals surface area (Å²) in [7, 11) is 1.85. The Hall–Kier alpha value is -2.43. The number of nitrogen functional groups attached to an aromatic ring is 1. The van der Waals surface area contributed by atoms with Gasteiger partial charge in [-0.1, -0.05) is 0 Å². The molecular formula is C12H12N4O. The lowest BCUT2D eigenvalue weighted by Crippen LogP contribution is -1.95. The summed E-state index contributed by atoms with van der Waals surface area (Å²) in [5.41, 5.74) is 9.28. The largest absolute Gasteiger partial charge is 0.508 e. The van der Waals surface area contributed by atoms with E-state index in [2.05, 4.69) is 10.1 Å². The zero-order chi connectivity index (χ0) is 12.0. The highest BCUT2D eigenvalue weighted by Crippen LogP contribution is 2.33.